The largest absolute Gasteiger partial charge is 0.497 e. The van der Waals surface area contributed by atoms with Crippen LogP contribution in [0.25, 0.3) is 22.7 Å². The third-order valence-corrected chi connectivity index (χ3v) is 4.16. The van der Waals surface area contributed by atoms with E-state index >= 15 is 0 Å². The molecule has 0 aliphatic heterocycles. The van der Waals surface area contributed by atoms with Gasteiger partial charge in [0.25, 0.3) is 0 Å². The molecule has 126 valence electrons. The highest BCUT2D eigenvalue weighted by molar-refractivity contribution is 5.90. The zero-order valence-electron chi connectivity index (χ0n) is 14.7. The zero-order chi connectivity index (χ0) is 18.0. The van der Waals surface area contributed by atoms with E-state index in [0.717, 1.165) is 16.6 Å². The molecule has 3 rings (SSSR count). The van der Waals surface area contributed by atoms with Crippen LogP contribution >= 0.6 is 0 Å². The summed E-state index contributed by atoms with van der Waals surface area (Å²) in [5.74, 6) is 1.88. The van der Waals surface area contributed by atoms with Gasteiger partial charge < -0.3 is 14.5 Å². The van der Waals surface area contributed by atoms with Crippen molar-refractivity contribution in [2.45, 2.75) is 13.8 Å². The van der Waals surface area contributed by atoms with E-state index in [9.17, 15) is 5.26 Å². The minimum Gasteiger partial charge on any atom is -0.497 e. The van der Waals surface area contributed by atoms with E-state index < -0.39 is 0 Å². The summed E-state index contributed by atoms with van der Waals surface area (Å²) in [6.07, 6.45) is 1.77. The van der Waals surface area contributed by atoms with Gasteiger partial charge >= 0.3 is 0 Å². The van der Waals surface area contributed by atoms with E-state index in [1.54, 1.807) is 26.4 Å². The number of hydrogen-bond donors (Lipinski definition) is 1. The van der Waals surface area contributed by atoms with Crippen LogP contribution in [-0.4, -0.2) is 24.2 Å². The number of allylic oxidation sites excluding steroid dienone is 1. The quantitative estimate of drug-likeness (QED) is 0.724. The van der Waals surface area contributed by atoms with Gasteiger partial charge in [-0.2, -0.15) is 5.26 Å². The first-order valence-electron chi connectivity index (χ1n) is 7.86. The van der Waals surface area contributed by atoms with Crippen molar-refractivity contribution >= 4 is 22.7 Å². The number of hydrogen-bond acceptors (Lipinski definition) is 4. The van der Waals surface area contributed by atoms with E-state index in [0.29, 0.717) is 22.9 Å². The van der Waals surface area contributed by atoms with Crippen LogP contribution in [0.5, 0.6) is 11.5 Å². The minimum atomic E-state index is 0.446. The Morgan fingerprint density at radius 2 is 1.68 bits per heavy atom. The number of aromatic amines is 1. The van der Waals surface area contributed by atoms with Crippen LogP contribution in [0.15, 0.2) is 30.3 Å². The Labute approximate surface area is 146 Å². The minimum absolute atomic E-state index is 0.446. The summed E-state index contributed by atoms with van der Waals surface area (Å²) in [5.41, 5.74) is 5.38. The van der Waals surface area contributed by atoms with Crippen molar-refractivity contribution in [3.63, 3.8) is 0 Å². The fourth-order valence-corrected chi connectivity index (χ4v) is 2.63. The average molecular weight is 333 g/mol. The predicted octanol–water partition coefficient (Wildman–Crippen LogP) is 4.26. The summed E-state index contributed by atoms with van der Waals surface area (Å²) in [7, 11) is 3.19. The van der Waals surface area contributed by atoms with Crippen LogP contribution in [0.4, 0.5) is 0 Å². The highest BCUT2D eigenvalue weighted by Gasteiger charge is 2.10. The molecule has 3 aromatic rings. The number of benzene rings is 2. The monoisotopic (exact) mass is 333 g/mol. The van der Waals surface area contributed by atoms with E-state index in [-0.39, 0.29) is 0 Å². The Hall–Kier alpha value is -3.26. The number of nitriles is 1. The van der Waals surface area contributed by atoms with Crippen molar-refractivity contribution in [2.75, 3.05) is 14.2 Å². The standard InChI is InChI=1S/C20H19N3O2/c1-12-5-18-19(6-13(12)2)23-20(22-18)15(11-21)7-14-8-16(24-3)10-17(9-14)25-4/h5-10H,1-4H3,(H,22,23)/b15-7+. The number of nitrogens with zero attached hydrogens (tertiary/aromatic N) is 2. The molecule has 0 bridgehead atoms. The first kappa shape index (κ1) is 16.6. The van der Waals surface area contributed by atoms with Crippen LogP contribution in [0.1, 0.15) is 22.5 Å². The molecule has 0 fully saturated rings. The van der Waals surface area contributed by atoms with E-state index in [1.807, 2.05) is 31.2 Å². The van der Waals surface area contributed by atoms with Crippen molar-refractivity contribution in [2.24, 2.45) is 0 Å². The van der Waals surface area contributed by atoms with E-state index in [1.165, 1.54) is 11.1 Å². The number of ether oxygens (including phenoxy) is 2. The topological polar surface area (TPSA) is 70.9 Å². The summed E-state index contributed by atoms with van der Waals surface area (Å²) < 4.78 is 10.6. The van der Waals surface area contributed by atoms with Gasteiger partial charge in [-0.05, 0) is 60.9 Å². The molecule has 0 radical (unpaired) electrons. The van der Waals surface area contributed by atoms with E-state index in [2.05, 4.69) is 23.0 Å². The molecule has 5 nitrogen and oxygen atoms in total. The summed E-state index contributed by atoms with van der Waals surface area (Å²) in [4.78, 5) is 7.79. The number of methoxy groups -OCH3 is 2. The molecule has 0 amide bonds. The predicted molar refractivity (Wildman–Crippen MR) is 98.6 cm³/mol. The third-order valence-electron chi connectivity index (χ3n) is 4.16. The van der Waals surface area contributed by atoms with Crippen molar-refractivity contribution in [3.8, 4) is 17.6 Å². The summed E-state index contributed by atoms with van der Waals surface area (Å²) in [6.45, 7) is 4.10. The Morgan fingerprint density at radius 1 is 1.04 bits per heavy atom. The summed E-state index contributed by atoms with van der Waals surface area (Å²) >= 11 is 0. The van der Waals surface area contributed by atoms with Crippen LogP contribution in [0, 0.1) is 25.2 Å². The number of aryl methyl sites for hydroxylation is 2. The number of nitrogens with one attached hydrogen (secondary N) is 1. The first-order chi connectivity index (χ1) is 12.0. The molecule has 25 heavy (non-hydrogen) atoms. The highest BCUT2D eigenvalue weighted by atomic mass is 16.5. The van der Waals surface area contributed by atoms with Gasteiger partial charge in [0.15, 0.2) is 0 Å². The molecular weight excluding hydrogens is 314 g/mol. The van der Waals surface area contributed by atoms with Crippen LogP contribution in [-0.2, 0) is 0 Å². The Balaban J connectivity index is 2.08. The van der Waals surface area contributed by atoms with Crippen LogP contribution in [0.2, 0.25) is 0 Å². The molecule has 0 unspecified atom stereocenters. The zero-order valence-corrected chi connectivity index (χ0v) is 14.7. The smallest absolute Gasteiger partial charge is 0.149 e. The first-order valence-corrected chi connectivity index (χ1v) is 7.86. The molecule has 0 atom stereocenters. The number of aromatic nitrogens is 2. The molecule has 0 aliphatic carbocycles. The van der Waals surface area contributed by atoms with Crippen LogP contribution in [0.3, 0.4) is 0 Å². The molecule has 0 spiro atoms. The summed E-state index contributed by atoms with van der Waals surface area (Å²) in [5, 5.41) is 9.59. The lowest BCUT2D eigenvalue weighted by Gasteiger charge is -2.06. The number of imidazole rings is 1. The molecule has 1 N–H and O–H groups in total. The fraction of sp³-hybridized carbons (Fsp3) is 0.200. The molecule has 1 aromatic heterocycles. The van der Waals surface area contributed by atoms with Gasteiger partial charge in [-0.15, -0.1) is 0 Å². The lowest BCUT2D eigenvalue weighted by Crippen LogP contribution is -1.89. The lowest BCUT2D eigenvalue weighted by molar-refractivity contribution is 0.394. The van der Waals surface area contributed by atoms with Crippen molar-refractivity contribution in [1.29, 1.82) is 5.26 Å². The number of fused-ring (bicyclic) bond motifs is 1. The normalized spacial score (nSPS) is 11.4. The van der Waals surface area contributed by atoms with Gasteiger partial charge in [-0.3, -0.25) is 0 Å². The second-order valence-corrected chi connectivity index (χ2v) is 5.85. The van der Waals surface area contributed by atoms with Gasteiger partial charge in [-0.1, -0.05) is 0 Å². The maximum atomic E-state index is 9.59. The lowest BCUT2D eigenvalue weighted by atomic mass is 10.1. The van der Waals surface area contributed by atoms with Crippen LogP contribution < -0.4 is 9.47 Å². The maximum Gasteiger partial charge on any atom is 0.149 e. The van der Waals surface area contributed by atoms with Crippen molar-refractivity contribution < 1.29 is 9.47 Å². The average Bonchev–Trinajstić information content (AvgIpc) is 3.02. The Bertz CT molecular complexity index is 948. The van der Waals surface area contributed by atoms with Crippen molar-refractivity contribution in [3.05, 3.63) is 52.8 Å². The van der Waals surface area contributed by atoms with Crippen molar-refractivity contribution in [1.82, 2.24) is 9.97 Å². The van der Waals surface area contributed by atoms with Gasteiger partial charge in [0.05, 0.1) is 30.8 Å². The third kappa shape index (κ3) is 3.33. The second kappa shape index (κ2) is 6.70. The summed E-state index contributed by atoms with van der Waals surface area (Å²) in [6, 6.07) is 11.8. The molecule has 1 heterocycles. The maximum absolute atomic E-state index is 9.59. The molecule has 0 saturated heterocycles. The van der Waals surface area contributed by atoms with Gasteiger partial charge in [0, 0.05) is 6.07 Å². The Kier molecular flexibility index (Phi) is 4.44. The number of rotatable bonds is 4. The highest BCUT2D eigenvalue weighted by Crippen LogP contribution is 2.26. The second-order valence-electron chi connectivity index (χ2n) is 5.85. The molecule has 0 saturated carbocycles. The Morgan fingerprint density at radius 3 is 2.28 bits per heavy atom. The fourth-order valence-electron chi connectivity index (χ4n) is 2.63. The van der Waals surface area contributed by atoms with Gasteiger partial charge in [0.1, 0.15) is 23.4 Å². The number of H-pyrrole nitrogens is 1. The SMILES string of the molecule is COc1cc(/C=C(\C#N)c2nc3cc(C)c(C)cc3[nH]2)cc(OC)c1. The molecule has 0 aliphatic rings. The molecular formula is C20H19N3O2. The van der Waals surface area contributed by atoms with Gasteiger partial charge in [-0.25, -0.2) is 4.98 Å². The molecule has 5 heteroatoms. The van der Waals surface area contributed by atoms with Gasteiger partial charge in [0.2, 0.25) is 0 Å². The molecule has 2 aromatic carbocycles. The van der Waals surface area contributed by atoms with E-state index in [4.69, 9.17) is 9.47 Å².